The van der Waals surface area contributed by atoms with Crippen LogP contribution in [-0.4, -0.2) is 36.7 Å². The second-order valence-electron chi connectivity index (χ2n) is 3.24. The van der Waals surface area contributed by atoms with Gasteiger partial charge in [0.15, 0.2) is 0 Å². The summed E-state index contributed by atoms with van der Waals surface area (Å²) in [5, 5.41) is 7.98. The van der Waals surface area contributed by atoms with Crippen molar-refractivity contribution in [3.05, 3.63) is 0 Å². The molecule has 0 saturated heterocycles. The van der Waals surface area contributed by atoms with Gasteiger partial charge in [-0.1, -0.05) is 0 Å². The summed E-state index contributed by atoms with van der Waals surface area (Å²) in [6.07, 6.45) is -2.47. The largest absolute Gasteiger partial charge is 0.549 e. The van der Waals surface area contributed by atoms with Crippen LogP contribution in [0.4, 0.5) is 9.59 Å². The number of hydrogen-bond donors (Lipinski definition) is 1. The molecule has 0 aliphatic heterocycles. The topological polar surface area (TPSA) is 91.3 Å². The molecule has 0 aromatic rings. The van der Waals surface area contributed by atoms with Gasteiger partial charge in [-0.25, -0.2) is 9.68 Å². The first-order chi connectivity index (χ1) is 6.87. The van der Waals surface area contributed by atoms with Crippen LogP contribution in [-0.2, 0) is 19.2 Å². The quantitative estimate of drug-likeness (QED) is 0.438. The molecule has 88 valence electrons. The molecule has 0 aliphatic rings. The molecule has 0 spiro atoms. The Morgan fingerprint density at radius 3 is 2.33 bits per heavy atom. The number of carbonyl (C=O) groups excluding carboxylic acids is 1. The summed E-state index contributed by atoms with van der Waals surface area (Å²) in [4.78, 5) is 27.7. The van der Waals surface area contributed by atoms with Crippen LogP contribution >= 0.6 is 0 Å². The molecular weight excluding hydrogens is 208 g/mol. The lowest BCUT2D eigenvalue weighted by molar-refractivity contribution is -0.213. The number of carboxylic acid groups (broad SMARTS) is 1. The van der Waals surface area contributed by atoms with Gasteiger partial charge in [0.25, 0.3) is 0 Å². The first-order valence-electron chi connectivity index (χ1n) is 4.17. The Kier molecular flexibility index (Phi) is 5.46. The van der Waals surface area contributed by atoms with Crippen molar-refractivity contribution in [2.45, 2.75) is 25.9 Å². The fraction of sp³-hybridized carbons (Fsp3) is 0.750. The third-order valence-electron chi connectivity index (χ3n) is 1.66. The molecule has 0 aliphatic carbocycles. The van der Waals surface area contributed by atoms with Crippen molar-refractivity contribution in [2.24, 2.45) is 0 Å². The number of hydrogen-bond acceptors (Lipinski definition) is 6. The van der Waals surface area contributed by atoms with Crippen LogP contribution in [0.5, 0.6) is 0 Å². The summed E-state index contributed by atoms with van der Waals surface area (Å²) in [7, 11) is 1.53. The molecule has 0 saturated carbocycles. The van der Waals surface area contributed by atoms with E-state index >= 15 is 0 Å². The fourth-order valence-electron chi connectivity index (χ4n) is 0.576. The van der Waals surface area contributed by atoms with Crippen LogP contribution in [0.15, 0.2) is 0 Å². The molecule has 0 fully saturated rings. The molecular formula is C8H14O7. The highest BCUT2D eigenvalue weighted by atomic mass is 17.3. The molecule has 0 unspecified atom stereocenters. The minimum absolute atomic E-state index is 0.0443. The third kappa shape index (κ3) is 7.56. The maximum atomic E-state index is 10.6. The lowest BCUT2D eigenvalue weighted by Gasteiger charge is -2.21. The van der Waals surface area contributed by atoms with Gasteiger partial charge in [-0.2, -0.15) is 9.68 Å². The van der Waals surface area contributed by atoms with Crippen molar-refractivity contribution in [2.75, 3.05) is 13.7 Å². The molecule has 0 rings (SSSR count). The molecule has 0 aromatic carbocycles. The normalized spacial score (nSPS) is 10.6. The summed E-state index contributed by atoms with van der Waals surface area (Å²) >= 11 is 0. The number of carbonyl (C=O) groups is 2. The minimum atomic E-state index is -1.72. The molecule has 7 nitrogen and oxygen atoms in total. The lowest BCUT2D eigenvalue weighted by Crippen LogP contribution is -2.25. The zero-order valence-electron chi connectivity index (χ0n) is 8.81. The molecule has 15 heavy (non-hydrogen) atoms. The molecule has 0 amide bonds. The number of ether oxygens (including phenoxy) is 2. The summed E-state index contributed by atoms with van der Waals surface area (Å²) in [6, 6.07) is 0. The van der Waals surface area contributed by atoms with Crippen molar-refractivity contribution >= 4 is 12.3 Å². The highest BCUT2D eigenvalue weighted by Gasteiger charge is 2.17. The van der Waals surface area contributed by atoms with E-state index in [1.165, 1.54) is 7.11 Å². The Morgan fingerprint density at radius 1 is 1.27 bits per heavy atom. The summed E-state index contributed by atoms with van der Waals surface area (Å²) in [5.74, 6) is 0. The van der Waals surface area contributed by atoms with E-state index in [1.807, 2.05) is 13.8 Å². The maximum absolute atomic E-state index is 10.6. The molecule has 0 aromatic heterocycles. The minimum Gasteiger partial charge on any atom is -0.447 e. The van der Waals surface area contributed by atoms with Gasteiger partial charge in [0, 0.05) is 13.5 Å². The monoisotopic (exact) mass is 222 g/mol. The van der Waals surface area contributed by atoms with Gasteiger partial charge in [-0.05, 0) is 13.8 Å². The van der Waals surface area contributed by atoms with Crippen LogP contribution in [0.2, 0.25) is 0 Å². The van der Waals surface area contributed by atoms with Crippen LogP contribution in [0.3, 0.4) is 0 Å². The highest BCUT2D eigenvalue weighted by Crippen LogP contribution is 2.12. The van der Waals surface area contributed by atoms with Crippen LogP contribution in [0, 0.1) is 0 Å². The summed E-state index contributed by atoms with van der Waals surface area (Å²) < 4.78 is 9.56. The van der Waals surface area contributed by atoms with Gasteiger partial charge < -0.3 is 14.6 Å². The molecule has 0 heterocycles. The second-order valence-corrected chi connectivity index (χ2v) is 3.24. The van der Waals surface area contributed by atoms with E-state index in [4.69, 9.17) is 9.84 Å². The zero-order chi connectivity index (χ0) is 11.9. The van der Waals surface area contributed by atoms with E-state index in [0.717, 1.165) is 0 Å². The Balaban J connectivity index is 3.59. The average molecular weight is 222 g/mol. The van der Waals surface area contributed by atoms with E-state index < -0.39 is 17.9 Å². The lowest BCUT2D eigenvalue weighted by atomic mass is 10.1. The average Bonchev–Trinajstić information content (AvgIpc) is 2.14. The Morgan fingerprint density at radius 2 is 1.87 bits per heavy atom. The van der Waals surface area contributed by atoms with E-state index in [9.17, 15) is 9.59 Å². The van der Waals surface area contributed by atoms with E-state index in [-0.39, 0.29) is 6.61 Å². The standard InChI is InChI=1S/C8H14O7/c1-8(2,12-3)4-5-13-7(11)15-14-6(9)10/h4-5H2,1-3H3,(H,9,10). The third-order valence-corrected chi connectivity index (χ3v) is 1.66. The van der Waals surface area contributed by atoms with E-state index in [0.29, 0.717) is 6.42 Å². The first-order valence-corrected chi connectivity index (χ1v) is 4.17. The van der Waals surface area contributed by atoms with Crippen LogP contribution in [0.1, 0.15) is 20.3 Å². The smallest absolute Gasteiger partial charge is 0.447 e. The number of rotatable bonds is 4. The van der Waals surface area contributed by atoms with Crippen LogP contribution < -0.4 is 0 Å². The van der Waals surface area contributed by atoms with Crippen molar-refractivity contribution < 1.29 is 33.9 Å². The van der Waals surface area contributed by atoms with Gasteiger partial charge in [-0.15, -0.1) is 0 Å². The molecule has 7 heteroatoms. The fourth-order valence-corrected chi connectivity index (χ4v) is 0.576. The van der Waals surface area contributed by atoms with Crippen molar-refractivity contribution in [1.82, 2.24) is 0 Å². The van der Waals surface area contributed by atoms with Crippen LogP contribution in [0.25, 0.3) is 0 Å². The molecule has 0 atom stereocenters. The Hall–Kier alpha value is -1.50. The second kappa shape index (κ2) is 6.07. The van der Waals surface area contributed by atoms with E-state index in [1.54, 1.807) is 0 Å². The predicted molar refractivity (Wildman–Crippen MR) is 47.2 cm³/mol. The summed E-state index contributed by atoms with van der Waals surface area (Å²) in [5.41, 5.74) is -0.423. The van der Waals surface area contributed by atoms with E-state index in [2.05, 4.69) is 14.5 Å². The maximum Gasteiger partial charge on any atom is 0.549 e. The Bertz CT molecular complexity index is 223. The first kappa shape index (κ1) is 13.5. The number of methoxy groups -OCH3 is 1. The van der Waals surface area contributed by atoms with Gasteiger partial charge in [0.2, 0.25) is 0 Å². The van der Waals surface area contributed by atoms with Crippen molar-refractivity contribution in [1.29, 1.82) is 0 Å². The van der Waals surface area contributed by atoms with Gasteiger partial charge >= 0.3 is 12.3 Å². The van der Waals surface area contributed by atoms with Gasteiger partial charge in [0.1, 0.15) is 0 Å². The van der Waals surface area contributed by atoms with Crippen molar-refractivity contribution in [3.63, 3.8) is 0 Å². The molecule has 0 bridgehead atoms. The molecule has 1 N–H and O–H groups in total. The molecule has 0 radical (unpaired) electrons. The highest BCUT2D eigenvalue weighted by molar-refractivity contribution is 5.62. The Labute approximate surface area is 86.8 Å². The summed E-state index contributed by atoms with van der Waals surface area (Å²) in [6.45, 7) is 3.67. The van der Waals surface area contributed by atoms with Gasteiger partial charge in [0.05, 0.1) is 12.2 Å². The van der Waals surface area contributed by atoms with Gasteiger partial charge in [-0.3, -0.25) is 0 Å². The predicted octanol–water partition coefficient (Wildman–Crippen LogP) is 1.56. The SMILES string of the molecule is COC(C)(C)CCOC(=O)OOC(=O)O. The van der Waals surface area contributed by atoms with Crippen molar-refractivity contribution in [3.8, 4) is 0 Å². The zero-order valence-corrected chi connectivity index (χ0v) is 8.81.